The van der Waals surface area contributed by atoms with Crippen LogP contribution < -0.4 is 0 Å². The van der Waals surface area contributed by atoms with Gasteiger partial charge in [0.1, 0.15) is 6.04 Å². The molecule has 2 unspecified atom stereocenters. The SMILES string of the molecule is CCCN(CCC)C(=O)N1C(C(=O)O)CSC1C(C)C. The fourth-order valence-corrected chi connectivity index (χ4v) is 3.95. The average Bonchev–Trinajstić information content (AvgIpc) is 2.82. The van der Waals surface area contributed by atoms with E-state index in [1.54, 1.807) is 21.6 Å². The van der Waals surface area contributed by atoms with Gasteiger partial charge in [-0.3, -0.25) is 4.90 Å². The van der Waals surface area contributed by atoms with Gasteiger partial charge in [-0.15, -0.1) is 11.8 Å². The lowest BCUT2D eigenvalue weighted by Crippen LogP contribution is -2.53. The number of urea groups is 1. The first-order valence-corrected chi connectivity index (χ1v) is 8.40. The van der Waals surface area contributed by atoms with Gasteiger partial charge in [-0.2, -0.15) is 0 Å². The van der Waals surface area contributed by atoms with E-state index in [-0.39, 0.29) is 17.3 Å². The number of carbonyl (C=O) groups is 2. The third-order valence-corrected chi connectivity index (χ3v) is 4.99. The maximum absolute atomic E-state index is 12.7. The maximum Gasteiger partial charge on any atom is 0.327 e. The number of carboxylic acids is 1. The summed E-state index contributed by atoms with van der Waals surface area (Å²) in [6.07, 6.45) is 1.77. The minimum Gasteiger partial charge on any atom is -0.480 e. The molecule has 2 atom stereocenters. The van der Waals surface area contributed by atoms with Crippen molar-refractivity contribution in [3.8, 4) is 0 Å². The summed E-state index contributed by atoms with van der Waals surface area (Å²) in [7, 11) is 0. The van der Waals surface area contributed by atoms with Crippen LogP contribution in [0.1, 0.15) is 40.5 Å². The number of nitrogens with zero attached hydrogens (tertiary/aromatic N) is 2. The van der Waals surface area contributed by atoms with E-state index in [0.29, 0.717) is 18.8 Å². The van der Waals surface area contributed by atoms with Crippen LogP contribution in [0.2, 0.25) is 0 Å². The lowest BCUT2D eigenvalue weighted by molar-refractivity contribution is -0.141. The molecule has 1 rings (SSSR count). The van der Waals surface area contributed by atoms with Gasteiger partial charge in [0.25, 0.3) is 0 Å². The first-order chi connectivity index (χ1) is 9.43. The minimum atomic E-state index is -0.901. The summed E-state index contributed by atoms with van der Waals surface area (Å²) in [6, 6.07) is -0.819. The monoisotopic (exact) mass is 302 g/mol. The largest absolute Gasteiger partial charge is 0.480 e. The summed E-state index contributed by atoms with van der Waals surface area (Å²) in [5.41, 5.74) is 0. The molecule has 20 heavy (non-hydrogen) atoms. The molecule has 6 heteroatoms. The highest BCUT2D eigenvalue weighted by atomic mass is 32.2. The molecule has 116 valence electrons. The Labute approximate surface area is 125 Å². The third kappa shape index (κ3) is 3.81. The van der Waals surface area contributed by atoms with Crippen molar-refractivity contribution >= 4 is 23.8 Å². The fourth-order valence-electron chi connectivity index (χ4n) is 2.48. The maximum atomic E-state index is 12.7. The normalized spacial score (nSPS) is 22.4. The highest BCUT2D eigenvalue weighted by Gasteiger charge is 2.44. The van der Waals surface area contributed by atoms with Crippen LogP contribution in [0, 0.1) is 5.92 Å². The highest BCUT2D eigenvalue weighted by molar-refractivity contribution is 8.00. The Morgan fingerprint density at radius 1 is 1.30 bits per heavy atom. The Bertz CT molecular complexity index is 343. The van der Waals surface area contributed by atoms with Crippen molar-refractivity contribution in [2.45, 2.75) is 52.0 Å². The van der Waals surface area contributed by atoms with Crippen LogP contribution in [-0.2, 0) is 4.79 Å². The van der Waals surface area contributed by atoms with E-state index < -0.39 is 12.0 Å². The summed E-state index contributed by atoms with van der Waals surface area (Å²) < 4.78 is 0. The molecule has 1 heterocycles. The first kappa shape index (κ1) is 17.1. The molecule has 5 nitrogen and oxygen atoms in total. The van der Waals surface area contributed by atoms with Gasteiger partial charge in [0, 0.05) is 18.8 Å². The van der Waals surface area contributed by atoms with Gasteiger partial charge in [0.15, 0.2) is 0 Å². The number of hydrogen-bond donors (Lipinski definition) is 1. The lowest BCUT2D eigenvalue weighted by Gasteiger charge is -2.34. The zero-order valence-corrected chi connectivity index (χ0v) is 13.7. The second-order valence-corrected chi connectivity index (χ2v) is 6.65. The molecular formula is C14H26N2O3S. The third-order valence-electron chi connectivity index (χ3n) is 3.37. The topological polar surface area (TPSA) is 60.9 Å². The number of rotatable bonds is 6. The van der Waals surface area contributed by atoms with Gasteiger partial charge >= 0.3 is 12.0 Å². The van der Waals surface area contributed by atoms with Crippen LogP contribution in [0.3, 0.4) is 0 Å². The quantitative estimate of drug-likeness (QED) is 0.819. The predicted molar refractivity (Wildman–Crippen MR) is 81.9 cm³/mol. The molecule has 0 bridgehead atoms. The van der Waals surface area contributed by atoms with Crippen LogP contribution in [0.25, 0.3) is 0 Å². The Morgan fingerprint density at radius 3 is 2.25 bits per heavy atom. The van der Waals surface area contributed by atoms with Crippen molar-refractivity contribution in [1.82, 2.24) is 9.80 Å². The van der Waals surface area contributed by atoms with Crippen LogP contribution in [0.4, 0.5) is 4.79 Å². The van der Waals surface area contributed by atoms with Crippen LogP contribution in [0.5, 0.6) is 0 Å². The van der Waals surface area contributed by atoms with E-state index >= 15 is 0 Å². The van der Waals surface area contributed by atoms with Crippen molar-refractivity contribution in [3.63, 3.8) is 0 Å². The zero-order chi connectivity index (χ0) is 15.3. The van der Waals surface area contributed by atoms with Gasteiger partial charge in [-0.05, 0) is 18.8 Å². The minimum absolute atomic E-state index is 0.0418. The Morgan fingerprint density at radius 2 is 1.85 bits per heavy atom. The van der Waals surface area contributed by atoms with E-state index in [4.69, 9.17) is 0 Å². The molecule has 1 saturated heterocycles. The average molecular weight is 302 g/mol. The molecule has 2 amide bonds. The van der Waals surface area contributed by atoms with Gasteiger partial charge in [0.2, 0.25) is 0 Å². The van der Waals surface area contributed by atoms with E-state index in [1.807, 2.05) is 27.7 Å². The first-order valence-electron chi connectivity index (χ1n) is 7.35. The van der Waals surface area contributed by atoms with E-state index in [2.05, 4.69) is 0 Å². The summed E-state index contributed by atoms with van der Waals surface area (Å²) in [5, 5.41) is 9.31. The van der Waals surface area contributed by atoms with Crippen molar-refractivity contribution in [3.05, 3.63) is 0 Å². The fraction of sp³-hybridized carbons (Fsp3) is 0.857. The Balaban J connectivity index is 2.94. The number of carbonyl (C=O) groups excluding carboxylic acids is 1. The summed E-state index contributed by atoms with van der Waals surface area (Å²) in [6.45, 7) is 9.50. The Hall–Kier alpha value is -0.910. The number of hydrogen-bond acceptors (Lipinski definition) is 3. The molecule has 0 aromatic heterocycles. The highest BCUT2D eigenvalue weighted by Crippen LogP contribution is 2.34. The predicted octanol–water partition coefficient (Wildman–Crippen LogP) is 2.71. The molecular weight excluding hydrogens is 276 g/mol. The van der Waals surface area contributed by atoms with Crippen molar-refractivity contribution in [2.24, 2.45) is 5.92 Å². The molecule has 0 saturated carbocycles. The molecule has 1 N–H and O–H groups in total. The standard InChI is InChI=1S/C14H26N2O3S/c1-5-7-15(8-6-2)14(19)16-11(13(17)18)9-20-12(16)10(3)4/h10-12H,5-9H2,1-4H3,(H,17,18). The molecule has 1 aliphatic rings. The molecule has 1 fully saturated rings. The van der Waals surface area contributed by atoms with E-state index in [1.165, 1.54) is 0 Å². The molecule has 0 aromatic rings. The van der Waals surface area contributed by atoms with Gasteiger partial charge in [0.05, 0.1) is 5.37 Å². The molecule has 1 aliphatic heterocycles. The lowest BCUT2D eigenvalue weighted by atomic mass is 10.1. The zero-order valence-electron chi connectivity index (χ0n) is 12.8. The van der Waals surface area contributed by atoms with E-state index in [0.717, 1.165) is 12.8 Å². The van der Waals surface area contributed by atoms with Crippen LogP contribution >= 0.6 is 11.8 Å². The molecule has 0 aromatic carbocycles. The van der Waals surface area contributed by atoms with E-state index in [9.17, 15) is 14.7 Å². The van der Waals surface area contributed by atoms with Gasteiger partial charge < -0.3 is 10.0 Å². The number of aliphatic carboxylic acids is 1. The van der Waals surface area contributed by atoms with Gasteiger partial charge in [-0.25, -0.2) is 9.59 Å². The van der Waals surface area contributed by atoms with Gasteiger partial charge in [-0.1, -0.05) is 27.7 Å². The van der Waals surface area contributed by atoms with Crippen LogP contribution in [-0.4, -0.2) is 57.2 Å². The molecule has 0 spiro atoms. The second kappa shape index (κ2) is 7.76. The number of amides is 2. The van der Waals surface area contributed by atoms with Crippen molar-refractivity contribution in [1.29, 1.82) is 0 Å². The smallest absolute Gasteiger partial charge is 0.327 e. The van der Waals surface area contributed by atoms with Crippen molar-refractivity contribution < 1.29 is 14.7 Å². The summed E-state index contributed by atoms with van der Waals surface area (Å²) in [4.78, 5) is 27.5. The summed E-state index contributed by atoms with van der Waals surface area (Å²) in [5.74, 6) is -0.170. The molecule has 0 aliphatic carbocycles. The number of carboxylic acid groups (broad SMARTS) is 1. The number of thioether (sulfide) groups is 1. The second-order valence-electron chi connectivity index (χ2n) is 5.50. The Kier molecular flexibility index (Phi) is 6.65. The molecule has 0 radical (unpaired) electrons. The van der Waals surface area contributed by atoms with Crippen molar-refractivity contribution in [2.75, 3.05) is 18.8 Å². The summed E-state index contributed by atoms with van der Waals surface area (Å²) >= 11 is 1.57. The van der Waals surface area contributed by atoms with Crippen LogP contribution in [0.15, 0.2) is 0 Å².